The first-order chi connectivity index (χ1) is 14.5. The van der Waals surface area contributed by atoms with Gasteiger partial charge in [-0.1, -0.05) is 78.3 Å². The van der Waals surface area contributed by atoms with Gasteiger partial charge >= 0.3 is 0 Å². The summed E-state index contributed by atoms with van der Waals surface area (Å²) in [6, 6.07) is 25.1. The number of nitrogens with zero attached hydrogens (tertiary/aromatic N) is 2. The van der Waals surface area contributed by atoms with Crippen molar-refractivity contribution in [3.8, 4) is 0 Å². The highest BCUT2D eigenvalue weighted by molar-refractivity contribution is 7.90. The summed E-state index contributed by atoms with van der Waals surface area (Å²) >= 11 is 6.00. The van der Waals surface area contributed by atoms with E-state index in [1.807, 2.05) is 48.5 Å². The van der Waals surface area contributed by atoms with Gasteiger partial charge in [-0.05, 0) is 35.9 Å². The van der Waals surface area contributed by atoms with Gasteiger partial charge in [0.1, 0.15) is 4.90 Å². The molecule has 30 heavy (non-hydrogen) atoms. The predicted molar refractivity (Wildman–Crippen MR) is 122 cm³/mol. The lowest BCUT2D eigenvalue weighted by molar-refractivity contribution is 0.599. The molecule has 4 rings (SSSR count). The number of allylic oxidation sites excluding steroid dienone is 1. The van der Waals surface area contributed by atoms with E-state index in [0.717, 1.165) is 10.9 Å². The molecule has 0 radical (unpaired) electrons. The number of hydrogen-bond acceptors (Lipinski definition) is 3. The highest BCUT2D eigenvalue weighted by Crippen LogP contribution is 2.23. The Morgan fingerprint density at radius 2 is 1.60 bits per heavy atom. The summed E-state index contributed by atoms with van der Waals surface area (Å²) in [5.74, 6) is 0. The van der Waals surface area contributed by atoms with Gasteiger partial charge in [0.25, 0.3) is 10.0 Å². The number of fused-ring (bicyclic) bond motifs is 1. The van der Waals surface area contributed by atoms with E-state index in [4.69, 9.17) is 11.6 Å². The van der Waals surface area contributed by atoms with Gasteiger partial charge in [0.2, 0.25) is 0 Å². The molecule has 6 heteroatoms. The first-order valence-electron chi connectivity index (χ1n) is 9.21. The normalized spacial score (nSPS) is 12.5. The molecule has 0 aliphatic carbocycles. The first-order valence-corrected chi connectivity index (χ1v) is 11.0. The lowest BCUT2D eigenvalue weighted by atomic mass is 10.1. The topological polar surface area (TPSA) is 59.4 Å². The van der Waals surface area contributed by atoms with Crippen molar-refractivity contribution in [2.75, 3.05) is 0 Å². The molecule has 4 nitrogen and oxygen atoms in total. The highest BCUT2D eigenvalue weighted by Gasteiger charge is 2.18. The minimum Gasteiger partial charge on any atom is -0.255 e. The van der Waals surface area contributed by atoms with Gasteiger partial charge in [-0.15, -0.1) is 0 Å². The largest absolute Gasteiger partial charge is 0.285 e. The minimum absolute atomic E-state index is 0.0696. The smallest absolute Gasteiger partial charge is 0.255 e. The van der Waals surface area contributed by atoms with Crippen LogP contribution in [0.15, 0.2) is 106 Å². The van der Waals surface area contributed by atoms with Crippen LogP contribution in [0.4, 0.5) is 0 Å². The van der Waals surface area contributed by atoms with E-state index < -0.39 is 10.0 Å². The first kappa shape index (κ1) is 20.0. The van der Waals surface area contributed by atoms with Crippen LogP contribution in [0.2, 0.25) is 5.02 Å². The van der Waals surface area contributed by atoms with E-state index in [0.29, 0.717) is 21.8 Å². The number of sulfonamides is 1. The van der Waals surface area contributed by atoms with E-state index in [-0.39, 0.29) is 4.90 Å². The van der Waals surface area contributed by atoms with Crippen LogP contribution < -0.4 is 0 Å². The molecular formula is C24H17ClN2O2S. The number of pyridine rings is 1. The van der Waals surface area contributed by atoms with Gasteiger partial charge in [-0.25, -0.2) is 0 Å². The number of benzene rings is 3. The predicted octanol–water partition coefficient (Wildman–Crippen LogP) is 5.78. The summed E-state index contributed by atoms with van der Waals surface area (Å²) in [6.07, 6.45) is 5.08. The molecule has 1 heterocycles. The summed E-state index contributed by atoms with van der Waals surface area (Å²) in [4.78, 5) is 4.32. The number of rotatable bonds is 5. The maximum atomic E-state index is 13.2. The second-order valence-electron chi connectivity index (χ2n) is 6.53. The summed E-state index contributed by atoms with van der Waals surface area (Å²) in [7, 11) is -4.01. The van der Waals surface area contributed by atoms with Crippen LogP contribution in [0.5, 0.6) is 0 Å². The Bertz CT molecular complexity index is 1340. The number of halogens is 1. The molecule has 0 saturated carbocycles. The van der Waals surface area contributed by atoms with Crippen molar-refractivity contribution in [1.29, 1.82) is 0 Å². The van der Waals surface area contributed by atoms with E-state index in [2.05, 4.69) is 9.38 Å². The van der Waals surface area contributed by atoms with Crippen LogP contribution in [-0.4, -0.2) is 19.1 Å². The number of hydrogen-bond donors (Lipinski definition) is 0. The Labute approximate surface area is 180 Å². The molecule has 0 amide bonds. The second kappa shape index (κ2) is 8.61. The zero-order chi connectivity index (χ0) is 21.0. The van der Waals surface area contributed by atoms with Crippen molar-refractivity contribution < 1.29 is 8.42 Å². The summed E-state index contributed by atoms with van der Waals surface area (Å²) in [5, 5.41) is 1.30. The molecule has 0 spiro atoms. The Hall–Kier alpha value is -3.28. The molecule has 1 aromatic heterocycles. The molecule has 0 fully saturated rings. The Kier molecular flexibility index (Phi) is 5.74. The molecule has 0 atom stereocenters. The number of aromatic nitrogens is 1. The third-order valence-corrected chi connectivity index (χ3v) is 6.04. The zero-order valence-electron chi connectivity index (χ0n) is 15.8. The molecule has 4 aromatic rings. The molecule has 0 unspecified atom stereocenters. The molecule has 0 N–H and O–H groups in total. The van der Waals surface area contributed by atoms with Crippen LogP contribution in [-0.2, 0) is 10.0 Å². The molecule has 0 aliphatic heterocycles. The molecule has 3 aromatic carbocycles. The fraction of sp³-hybridized carbons (Fsp3) is 0. The van der Waals surface area contributed by atoms with Crippen molar-refractivity contribution in [2.45, 2.75) is 4.90 Å². The van der Waals surface area contributed by atoms with Crippen LogP contribution in [0.1, 0.15) is 11.1 Å². The van der Waals surface area contributed by atoms with Gasteiger partial charge in [0.15, 0.2) is 0 Å². The third-order valence-electron chi connectivity index (χ3n) is 4.47. The molecule has 0 aliphatic rings. The van der Waals surface area contributed by atoms with Gasteiger partial charge < -0.3 is 0 Å². The monoisotopic (exact) mass is 432 g/mol. The van der Waals surface area contributed by atoms with E-state index in [1.165, 1.54) is 6.07 Å². The van der Waals surface area contributed by atoms with Gasteiger partial charge in [-0.2, -0.15) is 12.8 Å². The lowest BCUT2D eigenvalue weighted by Gasteiger charge is -2.06. The second-order valence-corrected chi connectivity index (χ2v) is 8.54. The SMILES string of the molecule is O=S(=O)(/N=C(/C=C/c1ccccc1)c1ccc(Cl)cc1)c1cccc2cccnc12. The Balaban J connectivity index is 1.84. The maximum absolute atomic E-state index is 13.2. The van der Waals surface area contributed by atoms with Gasteiger partial charge in [0.05, 0.1) is 11.2 Å². The maximum Gasteiger partial charge on any atom is 0.285 e. The molecule has 0 saturated heterocycles. The van der Waals surface area contributed by atoms with Crippen molar-refractivity contribution in [3.05, 3.63) is 113 Å². The minimum atomic E-state index is -4.01. The molecule has 0 bridgehead atoms. The average Bonchev–Trinajstić information content (AvgIpc) is 2.77. The molecular weight excluding hydrogens is 416 g/mol. The van der Waals surface area contributed by atoms with Crippen LogP contribution in [0.3, 0.4) is 0 Å². The Morgan fingerprint density at radius 3 is 2.37 bits per heavy atom. The van der Waals surface area contributed by atoms with E-state index in [9.17, 15) is 8.42 Å². The highest BCUT2D eigenvalue weighted by atomic mass is 35.5. The van der Waals surface area contributed by atoms with Crippen molar-refractivity contribution in [1.82, 2.24) is 4.98 Å². The van der Waals surface area contributed by atoms with Crippen molar-refractivity contribution in [3.63, 3.8) is 0 Å². The number of para-hydroxylation sites is 1. The van der Waals surface area contributed by atoms with E-state index in [1.54, 1.807) is 48.7 Å². The fourth-order valence-corrected chi connectivity index (χ4v) is 4.32. The fourth-order valence-electron chi connectivity index (χ4n) is 3.00. The Morgan fingerprint density at radius 1 is 0.867 bits per heavy atom. The van der Waals surface area contributed by atoms with Gasteiger partial charge in [-0.3, -0.25) is 4.98 Å². The quantitative estimate of drug-likeness (QED) is 0.375. The third kappa shape index (κ3) is 4.48. The van der Waals surface area contributed by atoms with Crippen LogP contribution in [0, 0.1) is 0 Å². The van der Waals surface area contributed by atoms with Crippen molar-refractivity contribution in [2.24, 2.45) is 4.40 Å². The van der Waals surface area contributed by atoms with Gasteiger partial charge in [0, 0.05) is 22.2 Å². The molecule has 148 valence electrons. The van der Waals surface area contributed by atoms with Crippen molar-refractivity contribution >= 4 is 44.3 Å². The summed E-state index contributed by atoms with van der Waals surface area (Å²) in [5.41, 5.74) is 2.28. The summed E-state index contributed by atoms with van der Waals surface area (Å²) in [6.45, 7) is 0. The standard InChI is InChI=1S/C24H17ClN2O2S/c25-21-14-12-19(13-15-21)22(16-11-18-6-2-1-3-7-18)27-30(28,29)23-10-4-8-20-9-5-17-26-24(20)23/h1-17H/b16-11+,27-22-. The van der Waals surface area contributed by atoms with Crippen LogP contribution in [0.25, 0.3) is 17.0 Å². The summed E-state index contributed by atoms with van der Waals surface area (Å²) < 4.78 is 30.6. The average molecular weight is 433 g/mol. The van der Waals surface area contributed by atoms with E-state index >= 15 is 0 Å². The lowest BCUT2D eigenvalue weighted by Crippen LogP contribution is -2.05. The van der Waals surface area contributed by atoms with Crippen LogP contribution >= 0.6 is 11.6 Å². The zero-order valence-corrected chi connectivity index (χ0v) is 17.4.